The summed E-state index contributed by atoms with van der Waals surface area (Å²) in [5.41, 5.74) is 19.1. The van der Waals surface area contributed by atoms with Crippen LogP contribution in [0.3, 0.4) is 0 Å². The van der Waals surface area contributed by atoms with Crippen LogP contribution in [0, 0.1) is 0 Å². The van der Waals surface area contributed by atoms with Crippen LogP contribution in [0.2, 0.25) is 0 Å². The van der Waals surface area contributed by atoms with Crippen LogP contribution in [0.1, 0.15) is 30.4 Å². The third-order valence-electron chi connectivity index (χ3n) is 6.94. The number of carboxylic acid groups (broad SMARTS) is 2. The average Bonchev–Trinajstić information content (AvgIpc) is 3.40. The summed E-state index contributed by atoms with van der Waals surface area (Å²) in [7, 11) is 0. The van der Waals surface area contributed by atoms with Gasteiger partial charge in [-0.3, -0.25) is 24.2 Å². The number of amides is 3. The van der Waals surface area contributed by atoms with Crippen LogP contribution in [-0.2, 0) is 36.8 Å². The number of para-hydroxylation sites is 1. The lowest BCUT2D eigenvalue weighted by molar-refractivity contribution is -0.143. The van der Waals surface area contributed by atoms with E-state index in [1.807, 2.05) is 24.3 Å². The molecule has 15 heteroatoms. The largest absolute Gasteiger partial charge is 0.481 e. The first-order valence-electron chi connectivity index (χ1n) is 14.2. The van der Waals surface area contributed by atoms with E-state index in [2.05, 4.69) is 25.9 Å². The maximum atomic E-state index is 13.3. The first kappa shape index (κ1) is 34.1. The zero-order valence-corrected chi connectivity index (χ0v) is 24.4. The van der Waals surface area contributed by atoms with Gasteiger partial charge in [0.05, 0.1) is 12.5 Å². The zero-order valence-electron chi connectivity index (χ0n) is 24.4. The minimum Gasteiger partial charge on any atom is -0.481 e. The molecule has 0 saturated carbocycles. The second-order valence-corrected chi connectivity index (χ2v) is 10.4. The van der Waals surface area contributed by atoms with Crippen LogP contribution >= 0.6 is 0 Å². The lowest BCUT2D eigenvalue weighted by Gasteiger charge is -2.24. The van der Waals surface area contributed by atoms with Crippen molar-refractivity contribution in [2.24, 2.45) is 22.2 Å². The van der Waals surface area contributed by atoms with E-state index in [-0.39, 0.29) is 38.2 Å². The quantitative estimate of drug-likeness (QED) is 0.0521. The summed E-state index contributed by atoms with van der Waals surface area (Å²) in [6.07, 6.45) is 1.17. The monoisotopic (exact) mass is 622 g/mol. The Morgan fingerprint density at radius 1 is 0.800 bits per heavy atom. The molecular formula is C30H38N8O7. The number of guanidine groups is 1. The first-order chi connectivity index (χ1) is 21.4. The van der Waals surface area contributed by atoms with Gasteiger partial charge in [-0.25, -0.2) is 4.79 Å². The number of aromatic amines is 1. The van der Waals surface area contributed by atoms with E-state index in [0.29, 0.717) is 5.56 Å². The van der Waals surface area contributed by atoms with Gasteiger partial charge in [0.2, 0.25) is 17.7 Å². The van der Waals surface area contributed by atoms with Crippen molar-refractivity contribution in [1.29, 1.82) is 0 Å². The number of carboxylic acids is 2. The number of aromatic nitrogens is 1. The van der Waals surface area contributed by atoms with Crippen molar-refractivity contribution in [3.63, 3.8) is 0 Å². The molecule has 0 radical (unpaired) electrons. The van der Waals surface area contributed by atoms with Crippen molar-refractivity contribution in [2.75, 3.05) is 6.54 Å². The molecule has 2 aromatic carbocycles. The Labute approximate surface area is 258 Å². The molecule has 1 heterocycles. The Morgan fingerprint density at radius 2 is 1.42 bits per heavy atom. The number of nitrogens with one attached hydrogen (secondary N) is 4. The lowest BCUT2D eigenvalue weighted by Crippen LogP contribution is -2.57. The first-order valence-corrected chi connectivity index (χ1v) is 14.2. The molecule has 0 fully saturated rings. The highest BCUT2D eigenvalue weighted by Crippen LogP contribution is 2.19. The molecule has 45 heavy (non-hydrogen) atoms. The number of benzene rings is 2. The number of aliphatic carboxylic acids is 2. The second-order valence-electron chi connectivity index (χ2n) is 10.4. The smallest absolute Gasteiger partial charge is 0.326 e. The summed E-state index contributed by atoms with van der Waals surface area (Å²) in [5.74, 6) is -5.43. The number of hydrogen-bond donors (Lipinski definition) is 9. The van der Waals surface area contributed by atoms with Crippen molar-refractivity contribution in [1.82, 2.24) is 20.9 Å². The molecule has 4 unspecified atom stereocenters. The van der Waals surface area contributed by atoms with E-state index in [1.54, 1.807) is 36.5 Å². The Morgan fingerprint density at radius 3 is 2.09 bits per heavy atom. The molecule has 3 aromatic rings. The normalized spacial score (nSPS) is 13.5. The Balaban J connectivity index is 1.73. The average molecular weight is 623 g/mol. The molecule has 4 atom stereocenters. The van der Waals surface area contributed by atoms with E-state index >= 15 is 0 Å². The van der Waals surface area contributed by atoms with Gasteiger partial charge in [0, 0.05) is 30.1 Å². The Bertz CT molecular complexity index is 1520. The van der Waals surface area contributed by atoms with Gasteiger partial charge in [-0.15, -0.1) is 0 Å². The van der Waals surface area contributed by atoms with E-state index in [4.69, 9.17) is 17.2 Å². The summed E-state index contributed by atoms with van der Waals surface area (Å²) < 4.78 is 0. The molecule has 0 aliphatic rings. The van der Waals surface area contributed by atoms with Crippen LogP contribution in [0.25, 0.3) is 10.9 Å². The number of nitrogens with zero attached hydrogens (tertiary/aromatic N) is 1. The summed E-state index contributed by atoms with van der Waals surface area (Å²) in [6, 6.07) is 10.7. The third kappa shape index (κ3) is 10.7. The Hall–Kier alpha value is -5.44. The highest BCUT2D eigenvalue weighted by atomic mass is 16.4. The zero-order chi connectivity index (χ0) is 32.9. The second kappa shape index (κ2) is 16.4. The number of aliphatic imine (C=N–C) groups is 1. The number of rotatable bonds is 17. The van der Waals surface area contributed by atoms with Crippen molar-refractivity contribution in [3.8, 4) is 0 Å². The summed E-state index contributed by atoms with van der Waals surface area (Å²) in [4.78, 5) is 70.0. The standard InChI is InChI=1S/C30H38N8O7/c31-20(14-18-16-35-21-10-5-4-9-19(18)21)26(41)37-23(15-25(39)40)28(43)36-22(11-6-12-34-30(32)33)27(42)38-24(29(44)45)13-17-7-2-1-3-8-17/h1-5,7-10,16,20,22-24,35H,6,11-15,31H2,(H,36,43)(H,37,41)(H,38,42)(H,39,40)(H,44,45)(H4,32,33,34). The molecule has 0 saturated heterocycles. The minimum absolute atomic E-state index is 0.0252. The molecule has 1 aromatic heterocycles. The fourth-order valence-corrected chi connectivity index (χ4v) is 4.66. The van der Waals surface area contributed by atoms with Crippen molar-refractivity contribution < 1.29 is 34.2 Å². The number of H-pyrrole nitrogens is 1. The molecule has 3 rings (SSSR count). The molecule has 0 aliphatic carbocycles. The van der Waals surface area contributed by atoms with Crippen LogP contribution < -0.4 is 33.2 Å². The van der Waals surface area contributed by atoms with Crippen LogP contribution in [0.15, 0.2) is 65.8 Å². The lowest BCUT2D eigenvalue weighted by atomic mass is 10.0. The van der Waals surface area contributed by atoms with Crippen LogP contribution in [0.4, 0.5) is 0 Å². The van der Waals surface area contributed by atoms with Crippen molar-refractivity contribution in [3.05, 3.63) is 71.9 Å². The topological polar surface area (TPSA) is 268 Å². The summed E-state index contributed by atoms with van der Waals surface area (Å²) >= 11 is 0. The highest BCUT2D eigenvalue weighted by molar-refractivity contribution is 5.96. The van der Waals surface area contributed by atoms with Gasteiger partial charge in [0.1, 0.15) is 18.1 Å². The van der Waals surface area contributed by atoms with E-state index in [9.17, 15) is 34.2 Å². The minimum atomic E-state index is -1.59. The van der Waals surface area contributed by atoms with Gasteiger partial charge in [-0.1, -0.05) is 48.5 Å². The number of nitrogens with two attached hydrogens (primary N) is 3. The van der Waals surface area contributed by atoms with Crippen LogP contribution in [0.5, 0.6) is 0 Å². The maximum Gasteiger partial charge on any atom is 0.326 e. The van der Waals surface area contributed by atoms with Crippen molar-refractivity contribution >= 4 is 46.5 Å². The van der Waals surface area contributed by atoms with Gasteiger partial charge >= 0.3 is 11.9 Å². The maximum absolute atomic E-state index is 13.3. The SMILES string of the molecule is NC(N)=NCCCC(NC(=O)C(CC(=O)O)NC(=O)C(N)Cc1c[nH]c2ccccc12)C(=O)NC(Cc1ccccc1)C(=O)O. The predicted molar refractivity (Wildman–Crippen MR) is 166 cm³/mol. The van der Waals surface area contributed by atoms with Gasteiger partial charge in [-0.05, 0) is 36.5 Å². The number of fused-ring (bicyclic) bond motifs is 1. The molecular weight excluding hydrogens is 584 g/mol. The summed E-state index contributed by atoms with van der Waals surface area (Å²) in [5, 5.41) is 27.3. The van der Waals surface area contributed by atoms with Crippen LogP contribution in [-0.4, -0.2) is 81.5 Å². The molecule has 3 amide bonds. The number of carbonyl (C=O) groups is 5. The molecule has 240 valence electrons. The van der Waals surface area contributed by atoms with Gasteiger partial charge in [-0.2, -0.15) is 0 Å². The number of carbonyl (C=O) groups excluding carboxylic acids is 3. The molecule has 0 spiro atoms. The van der Waals surface area contributed by atoms with E-state index in [1.165, 1.54) is 0 Å². The van der Waals surface area contributed by atoms with Gasteiger partial charge in [0.15, 0.2) is 5.96 Å². The predicted octanol–water partition coefficient (Wildman–Crippen LogP) is -0.652. The fraction of sp³-hybridized carbons (Fsp3) is 0.333. The molecule has 0 aliphatic heterocycles. The molecule has 0 bridgehead atoms. The van der Waals surface area contributed by atoms with E-state index in [0.717, 1.165) is 16.5 Å². The highest BCUT2D eigenvalue weighted by Gasteiger charge is 2.31. The van der Waals surface area contributed by atoms with Crippen molar-refractivity contribution in [2.45, 2.75) is 56.3 Å². The third-order valence-corrected chi connectivity index (χ3v) is 6.94. The van der Waals surface area contributed by atoms with Gasteiger partial charge < -0.3 is 48.3 Å². The van der Waals surface area contributed by atoms with E-state index < -0.39 is 60.2 Å². The van der Waals surface area contributed by atoms with Gasteiger partial charge in [0.25, 0.3) is 0 Å². The molecule has 15 nitrogen and oxygen atoms in total. The number of hydrogen-bond acceptors (Lipinski definition) is 7. The summed E-state index contributed by atoms with van der Waals surface area (Å²) in [6.45, 7) is 0.104. The fourth-order valence-electron chi connectivity index (χ4n) is 4.66. The molecule has 12 N–H and O–H groups in total. The Kier molecular flexibility index (Phi) is 12.4.